The van der Waals surface area contributed by atoms with Crippen LogP contribution in [0.3, 0.4) is 0 Å². The molecule has 1 rings (SSSR count). The first-order valence-corrected chi connectivity index (χ1v) is 9.33. The van der Waals surface area contributed by atoms with E-state index in [2.05, 4.69) is 36.0 Å². The molecule has 0 aromatic carbocycles. The summed E-state index contributed by atoms with van der Waals surface area (Å²) in [6.07, 6.45) is 17.0. The maximum absolute atomic E-state index is 10.3. The van der Waals surface area contributed by atoms with Crippen molar-refractivity contribution < 1.29 is 14.5 Å². The highest BCUT2D eigenvalue weighted by molar-refractivity contribution is 5.63. The zero-order chi connectivity index (χ0) is 16.8. The van der Waals surface area contributed by atoms with Crippen LogP contribution in [0, 0.1) is 0 Å². The normalized spacial score (nSPS) is 10.8. The third-order valence-corrected chi connectivity index (χ3v) is 4.48. The lowest BCUT2D eigenvalue weighted by molar-refractivity contribution is -0.679. The summed E-state index contributed by atoms with van der Waals surface area (Å²) in [5.74, 6) is -0.911. The molecule has 130 valence electrons. The van der Waals surface area contributed by atoms with Gasteiger partial charge in [0.05, 0.1) is 0 Å². The second kappa shape index (κ2) is 13.1. The van der Waals surface area contributed by atoms with Gasteiger partial charge in [-0.1, -0.05) is 63.9 Å². The van der Waals surface area contributed by atoms with Crippen LogP contribution in [0.15, 0.2) is 24.4 Å². The van der Waals surface area contributed by atoms with E-state index in [0.29, 0.717) is 0 Å². The molecule has 23 heavy (non-hydrogen) atoms. The van der Waals surface area contributed by atoms with Gasteiger partial charge in [0, 0.05) is 24.5 Å². The minimum atomic E-state index is -0.911. The summed E-state index contributed by atoms with van der Waals surface area (Å²) in [4.78, 5) is 10.3. The molecule has 0 aliphatic rings. The number of rotatable bonds is 14. The Hall–Kier alpha value is -1.38. The average Bonchev–Trinajstić information content (AvgIpc) is 2.53. The predicted molar refractivity (Wildman–Crippen MR) is 91.7 cm³/mol. The fourth-order valence-corrected chi connectivity index (χ4v) is 2.98. The first kappa shape index (κ1) is 19.7. The van der Waals surface area contributed by atoms with E-state index in [1.807, 2.05) is 0 Å². The van der Waals surface area contributed by atoms with Crippen LogP contribution in [0.5, 0.6) is 0 Å². The average molecular weight is 319 g/mol. The van der Waals surface area contributed by atoms with E-state index in [0.717, 1.165) is 12.8 Å². The molecule has 1 heterocycles. The molecule has 0 unspecified atom stereocenters. The van der Waals surface area contributed by atoms with Crippen LogP contribution < -0.4 is 9.67 Å². The molecular weight excluding hydrogens is 286 g/mol. The maximum atomic E-state index is 10.3. The third kappa shape index (κ3) is 10.9. The van der Waals surface area contributed by atoms with Crippen molar-refractivity contribution in [1.29, 1.82) is 0 Å². The van der Waals surface area contributed by atoms with Crippen LogP contribution >= 0.6 is 0 Å². The number of hydrogen-bond donors (Lipinski definition) is 0. The number of aromatic nitrogens is 1. The lowest BCUT2D eigenvalue weighted by Crippen LogP contribution is -2.32. The Morgan fingerprint density at radius 1 is 0.870 bits per heavy atom. The fraction of sp³-hybridized carbons (Fsp3) is 0.700. The van der Waals surface area contributed by atoms with Gasteiger partial charge in [-0.25, -0.2) is 4.57 Å². The number of hydrogen-bond acceptors (Lipinski definition) is 2. The summed E-state index contributed by atoms with van der Waals surface area (Å²) in [5, 5.41) is 10.3. The van der Waals surface area contributed by atoms with Crippen LogP contribution in [0.2, 0.25) is 0 Å². The van der Waals surface area contributed by atoms with Crippen LogP contribution in [0.4, 0.5) is 0 Å². The molecule has 0 N–H and O–H groups in total. The Kier molecular flexibility index (Phi) is 11.2. The van der Waals surface area contributed by atoms with Crippen molar-refractivity contribution in [3.8, 4) is 0 Å². The molecule has 0 aliphatic carbocycles. The summed E-state index contributed by atoms with van der Waals surface area (Å²) >= 11 is 0. The molecule has 3 heteroatoms. The minimum absolute atomic E-state index is 0.223. The summed E-state index contributed by atoms with van der Waals surface area (Å²) in [7, 11) is 2.12. The van der Waals surface area contributed by atoms with Crippen LogP contribution in [-0.4, -0.2) is 5.97 Å². The maximum Gasteiger partial charge on any atom is 0.181 e. The van der Waals surface area contributed by atoms with Crippen molar-refractivity contribution in [1.82, 2.24) is 0 Å². The number of carbonyl (C=O) groups is 1. The Morgan fingerprint density at radius 3 is 1.91 bits per heavy atom. The number of pyridine rings is 1. The van der Waals surface area contributed by atoms with Gasteiger partial charge in [0.1, 0.15) is 7.05 Å². The lowest BCUT2D eigenvalue weighted by atomic mass is 10.0. The van der Waals surface area contributed by atoms with E-state index in [4.69, 9.17) is 0 Å². The highest BCUT2D eigenvalue weighted by atomic mass is 16.4. The number of nitrogens with zero attached hydrogens (tertiary/aromatic N) is 1. The predicted octanol–water partition coefficient (Wildman–Crippen LogP) is 3.48. The van der Waals surface area contributed by atoms with E-state index in [1.54, 1.807) is 0 Å². The first-order chi connectivity index (χ1) is 11.2. The van der Waals surface area contributed by atoms with Crippen LogP contribution in [0.25, 0.3) is 0 Å². The Labute approximate surface area is 141 Å². The van der Waals surface area contributed by atoms with Crippen LogP contribution in [0.1, 0.15) is 82.7 Å². The van der Waals surface area contributed by atoms with Gasteiger partial charge >= 0.3 is 0 Å². The van der Waals surface area contributed by atoms with Gasteiger partial charge in [0.15, 0.2) is 11.9 Å². The minimum Gasteiger partial charge on any atom is -0.550 e. The van der Waals surface area contributed by atoms with Crippen molar-refractivity contribution in [3.05, 3.63) is 30.1 Å². The standard InChI is InChI=1S/C20H33NO2/c1-21-18-14-13-16-19(21)15-11-9-7-5-3-2-4-6-8-10-12-17-20(22)23/h13-14,16,18H,2-12,15,17H2,1H3. The summed E-state index contributed by atoms with van der Waals surface area (Å²) in [6.45, 7) is 0. The highest BCUT2D eigenvalue weighted by Crippen LogP contribution is 2.12. The topological polar surface area (TPSA) is 44.0 Å². The second-order valence-electron chi connectivity index (χ2n) is 6.56. The molecular formula is C20H33NO2. The van der Waals surface area contributed by atoms with E-state index < -0.39 is 5.97 Å². The molecule has 1 aromatic heterocycles. The highest BCUT2D eigenvalue weighted by Gasteiger charge is 2.03. The Bertz CT molecular complexity index is 431. The first-order valence-electron chi connectivity index (χ1n) is 9.33. The van der Waals surface area contributed by atoms with Crippen molar-refractivity contribution in [2.24, 2.45) is 7.05 Å². The summed E-state index contributed by atoms with van der Waals surface area (Å²) < 4.78 is 2.22. The molecule has 0 saturated carbocycles. The molecule has 0 saturated heterocycles. The van der Waals surface area contributed by atoms with Gasteiger partial charge in [-0.05, 0) is 19.3 Å². The molecule has 0 atom stereocenters. The van der Waals surface area contributed by atoms with Gasteiger partial charge < -0.3 is 9.90 Å². The van der Waals surface area contributed by atoms with E-state index in [1.165, 1.54) is 69.9 Å². The van der Waals surface area contributed by atoms with Crippen molar-refractivity contribution in [2.75, 3.05) is 0 Å². The van der Waals surface area contributed by atoms with Gasteiger partial charge in [-0.15, -0.1) is 0 Å². The third-order valence-electron chi connectivity index (χ3n) is 4.48. The van der Waals surface area contributed by atoms with Crippen molar-refractivity contribution in [3.63, 3.8) is 0 Å². The lowest BCUT2D eigenvalue weighted by Gasteiger charge is -2.04. The quantitative estimate of drug-likeness (QED) is 0.389. The summed E-state index contributed by atoms with van der Waals surface area (Å²) in [5.41, 5.74) is 1.42. The molecule has 1 aromatic rings. The molecule has 3 nitrogen and oxygen atoms in total. The van der Waals surface area contributed by atoms with Gasteiger partial charge in [0.2, 0.25) is 0 Å². The van der Waals surface area contributed by atoms with Crippen LogP contribution in [-0.2, 0) is 18.3 Å². The molecule has 0 radical (unpaired) electrons. The fourth-order valence-electron chi connectivity index (χ4n) is 2.98. The molecule has 0 bridgehead atoms. The van der Waals surface area contributed by atoms with E-state index >= 15 is 0 Å². The largest absolute Gasteiger partial charge is 0.550 e. The number of carboxylic acids is 1. The van der Waals surface area contributed by atoms with Gasteiger partial charge in [0.25, 0.3) is 0 Å². The number of unbranched alkanes of at least 4 members (excludes halogenated alkanes) is 10. The number of carboxylic acid groups (broad SMARTS) is 1. The van der Waals surface area contributed by atoms with Gasteiger partial charge in [-0.3, -0.25) is 0 Å². The van der Waals surface area contributed by atoms with Crippen molar-refractivity contribution >= 4 is 5.97 Å². The Morgan fingerprint density at radius 2 is 1.39 bits per heavy atom. The molecule has 0 aliphatic heterocycles. The smallest absolute Gasteiger partial charge is 0.181 e. The van der Waals surface area contributed by atoms with E-state index in [9.17, 15) is 9.90 Å². The molecule has 0 fully saturated rings. The SMILES string of the molecule is C[n+]1ccccc1CCCCCCCCCCCCCC(=O)[O-]. The molecule has 0 amide bonds. The summed E-state index contributed by atoms with van der Waals surface area (Å²) in [6, 6.07) is 6.41. The van der Waals surface area contributed by atoms with Crippen molar-refractivity contribution in [2.45, 2.75) is 83.5 Å². The zero-order valence-electron chi connectivity index (χ0n) is 14.8. The zero-order valence-corrected chi connectivity index (χ0v) is 14.8. The number of aliphatic carboxylic acids is 1. The Balaban J connectivity index is 1.81. The monoisotopic (exact) mass is 319 g/mol. The number of carbonyl (C=O) groups excluding carboxylic acids is 1. The second-order valence-corrected chi connectivity index (χ2v) is 6.56. The van der Waals surface area contributed by atoms with E-state index in [-0.39, 0.29) is 6.42 Å². The van der Waals surface area contributed by atoms with Gasteiger partial charge in [-0.2, -0.15) is 0 Å². The number of aryl methyl sites for hydroxylation is 2. The molecule has 0 spiro atoms.